The van der Waals surface area contributed by atoms with Gasteiger partial charge in [0.25, 0.3) is 0 Å². The van der Waals surface area contributed by atoms with Crippen LogP contribution in [0.25, 0.3) is 0 Å². The number of hydrogen-bond acceptors (Lipinski definition) is 8. The fourth-order valence-electron chi connectivity index (χ4n) is 5.65. The van der Waals surface area contributed by atoms with Gasteiger partial charge in [-0.05, 0) is 25.7 Å². The molecule has 9 nitrogen and oxygen atoms in total. The van der Waals surface area contributed by atoms with Gasteiger partial charge < -0.3 is 28.8 Å². The van der Waals surface area contributed by atoms with E-state index in [1.807, 2.05) is 0 Å². The summed E-state index contributed by atoms with van der Waals surface area (Å²) in [4.78, 5) is 10.9. The molecular weight excluding hydrogens is 370 g/mol. The third kappa shape index (κ3) is 3.07. The summed E-state index contributed by atoms with van der Waals surface area (Å²) >= 11 is 0. The highest BCUT2D eigenvalue weighted by Gasteiger charge is 2.69. The predicted octanol–water partition coefficient (Wildman–Crippen LogP) is 1.87. The molecule has 0 radical (unpaired) electrons. The van der Waals surface area contributed by atoms with Crippen LogP contribution in [0.3, 0.4) is 0 Å². The fraction of sp³-hybridized carbons (Fsp3) is 1.00. The lowest BCUT2D eigenvalue weighted by Crippen LogP contribution is -2.58. The summed E-state index contributed by atoms with van der Waals surface area (Å²) in [6, 6.07) is 0. The second kappa shape index (κ2) is 6.85. The quantitative estimate of drug-likeness (QED) is 0.566. The minimum atomic E-state index is -1.82. The van der Waals surface area contributed by atoms with Crippen molar-refractivity contribution in [1.82, 2.24) is 0 Å². The van der Waals surface area contributed by atoms with Gasteiger partial charge >= 0.3 is 0 Å². The van der Waals surface area contributed by atoms with Crippen molar-refractivity contribution in [2.45, 2.75) is 106 Å². The van der Waals surface area contributed by atoms with Gasteiger partial charge in [-0.3, -0.25) is 10.1 Å². The number of ether oxygens (including phenoxy) is 5. The van der Waals surface area contributed by atoms with Gasteiger partial charge in [-0.2, -0.15) is 0 Å². The lowest BCUT2D eigenvalue weighted by molar-refractivity contribution is -0.507. The molecule has 28 heavy (non-hydrogen) atoms. The van der Waals surface area contributed by atoms with Crippen molar-refractivity contribution in [1.29, 1.82) is 0 Å². The van der Waals surface area contributed by atoms with Crippen LogP contribution in [0.5, 0.6) is 0 Å². The summed E-state index contributed by atoms with van der Waals surface area (Å²) in [7, 11) is 0. The van der Waals surface area contributed by atoms with Crippen molar-refractivity contribution in [3.05, 3.63) is 10.1 Å². The maximum Gasteiger partial charge on any atom is 0.237 e. The minimum absolute atomic E-state index is 0.245. The topological polar surface area (TPSA) is 110 Å². The van der Waals surface area contributed by atoms with Crippen molar-refractivity contribution < 1.29 is 33.7 Å². The van der Waals surface area contributed by atoms with Gasteiger partial charge in [0.15, 0.2) is 23.5 Å². The molecule has 0 aromatic rings. The van der Waals surface area contributed by atoms with Gasteiger partial charge in [-0.15, -0.1) is 0 Å². The molecule has 5 aliphatic rings. The number of rotatable bonds is 3. The van der Waals surface area contributed by atoms with E-state index in [2.05, 4.69) is 0 Å². The van der Waals surface area contributed by atoms with Crippen molar-refractivity contribution in [3.63, 3.8) is 0 Å². The maximum atomic E-state index is 11.4. The zero-order valence-electron chi connectivity index (χ0n) is 16.0. The molecule has 0 amide bonds. The highest BCUT2D eigenvalue weighted by Crippen LogP contribution is 2.51. The summed E-state index contributed by atoms with van der Waals surface area (Å²) in [5.41, 5.74) is -1.82. The van der Waals surface area contributed by atoms with Crippen LogP contribution in [0, 0.1) is 10.1 Å². The molecule has 3 saturated heterocycles. The van der Waals surface area contributed by atoms with Gasteiger partial charge in [0.1, 0.15) is 18.3 Å². The second-order valence-electron chi connectivity index (χ2n) is 8.97. The van der Waals surface area contributed by atoms with Crippen LogP contribution in [0.1, 0.15) is 64.2 Å². The highest BCUT2D eigenvalue weighted by molar-refractivity contribution is 5.09. The summed E-state index contributed by atoms with van der Waals surface area (Å²) in [5, 5.41) is 22.8. The molecule has 5 atom stereocenters. The van der Waals surface area contributed by atoms with Crippen LogP contribution in [0.4, 0.5) is 0 Å². The Kier molecular flexibility index (Phi) is 4.68. The molecule has 3 aliphatic heterocycles. The minimum Gasteiger partial charge on any atom is -0.378 e. The molecule has 0 aromatic heterocycles. The number of nitrogens with zero attached hydrogens (tertiary/aromatic N) is 1. The Morgan fingerprint density at radius 2 is 1.54 bits per heavy atom. The fourth-order valence-corrected chi connectivity index (χ4v) is 5.65. The summed E-state index contributed by atoms with van der Waals surface area (Å²) in [6.07, 6.45) is 6.07. The van der Waals surface area contributed by atoms with Gasteiger partial charge in [-0.25, -0.2) is 0 Å². The third-order valence-corrected chi connectivity index (χ3v) is 7.01. The SMILES string of the molecule is O=[N+]([O-])C[C@@]1(O)[C@@H](C2COC3(CCCCC3)O2)O[C@@H]2OC3(CCCCC3)O[C@@H]21. The molecule has 0 bridgehead atoms. The van der Waals surface area contributed by atoms with Crippen LogP contribution < -0.4 is 0 Å². The van der Waals surface area contributed by atoms with Crippen molar-refractivity contribution in [2.24, 2.45) is 0 Å². The first kappa shape index (κ1) is 19.1. The van der Waals surface area contributed by atoms with Gasteiger partial charge in [0.2, 0.25) is 6.54 Å². The Morgan fingerprint density at radius 3 is 2.18 bits per heavy atom. The number of fused-ring (bicyclic) bond motifs is 1. The van der Waals surface area contributed by atoms with Gasteiger partial charge in [0.05, 0.1) is 6.61 Å². The second-order valence-corrected chi connectivity index (χ2v) is 8.97. The molecule has 1 N–H and O–H groups in total. The first-order valence-corrected chi connectivity index (χ1v) is 10.6. The predicted molar refractivity (Wildman–Crippen MR) is 93.9 cm³/mol. The highest BCUT2D eigenvalue weighted by atomic mass is 16.8. The number of aliphatic hydroxyl groups is 1. The van der Waals surface area contributed by atoms with Crippen LogP contribution in [-0.4, -0.2) is 65.0 Å². The lowest BCUT2D eigenvalue weighted by atomic mass is 9.88. The summed E-state index contributed by atoms with van der Waals surface area (Å²) in [5.74, 6) is -1.44. The van der Waals surface area contributed by atoms with E-state index < -0.39 is 53.2 Å². The molecule has 2 spiro atoms. The molecule has 1 unspecified atom stereocenters. The lowest BCUT2D eigenvalue weighted by Gasteiger charge is -2.37. The van der Waals surface area contributed by atoms with Gasteiger partial charge in [0, 0.05) is 30.6 Å². The van der Waals surface area contributed by atoms with E-state index in [1.54, 1.807) is 0 Å². The van der Waals surface area contributed by atoms with Crippen molar-refractivity contribution in [3.8, 4) is 0 Å². The molecule has 2 saturated carbocycles. The van der Waals surface area contributed by atoms with E-state index in [4.69, 9.17) is 23.7 Å². The molecule has 9 heteroatoms. The Hall–Kier alpha value is -0.840. The van der Waals surface area contributed by atoms with Gasteiger partial charge in [-0.1, -0.05) is 12.8 Å². The largest absolute Gasteiger partial charge is 0.378 e. The molecule has 3 heterocycles. The van der Waals surface area contributed by atoms with Crippen LogP contribution in [0.15, 0.2) is 0 Å². The first-order chi connectivity index (χ1) is 13.4. The number of nitro groups is 1. The van der Waals surface area contributed by atoms with Crippen LogP contribution >= 0.6 is 0 Å². The average Bonchev–Trinajstić information content (AvgIpc) is 3.29. The molecule has 158 valence electrons. The Balaban J connectivity index is 1.36. The molecule has 0 aromatic carbocycles. The monoisotopic (exact) mass is 399 g/mol. The standard InChI is InChI=1S/C19H29NO8/c21-19(12-20(22)23)14(13-11-24-17(26-13)7-3-1-4-8-17)25-16-15(19)27-18(28-16)9-5-2-6-10-18/h13-16,21H,1-12H2/t13?,14-,15+,16-,19-/m1/s1. The van der Waals surface area contributed by atoms with E-state index >= 15 is 0 Å². The molecule has 5 rings (SSSR count). The number of hydrogen-bond donors (Lipinski definition) is 1. The smallest absolute Gasteiger partial charge is 0.237 e. The van der Waals surface area contributed by atoms with Crippen LogP contribution in [-0.2, 0) is 23.7 Å². The maximum absolute atomic E-state index is 11.4. The van der Waals surface area contributed by atoms with Crippen LogP contribution in [0.2, 0.25) is 0 Å². The van der Waals surface area contributed by atoms with Crippen molar-refractivity contribution >= 4 is 0 Å². The summed E-state index contributed by atoms with van der Waals surface area (Å²) in [6.45, 7) is -0.430. The first-order valence-electron chi connectivity index (χ1n) is 10.6. The zero-order chi connectivity index (χ0) is 19.4. The van der Waals surface area contributed by atoms with E-state index in [-0.39, 0.29) is 6.61 Å². The zero-order valence-corrected chi connectivity index (χ0v) is 16.0. The third-order valence-electron chi connectivity index (χ3n) is 7.01. The normalized spacial score (nSPS) is 44.2. The molecule has 2 aliphatic carbocycles. The molecular formula is C19H29NO8. The van der Waals surface area contributed by atoms with Crippen molar-refractivity contribution in [2.75, 3.05) is 13.2 Å². The average molecular weight is 399 g/mol. The van der Waals surface area contributed by atoms with E-state index in [9.17, 15) is 15.2 Å². The Labute approximate surface area is 163 Å². The van der Waals surface area contributed by atoms with E-state index in [0.29, 0.717) is 12.8 Å². The summed E-state index contributed by atoms with van der Waals surface area (Å²) < 4.78 is 30.5. The Bertz CT molecular complexity index is 617. The molecule has 5 fully saturated rings. The van der Waals surface area contributed by atoms with E-state index in [1.165, 1.54) is 0 Å². The van der Waals surface area contributed by atoms with E-state index in [0.717, 1.165) is 51.4 Å². The Morgan fingerprint density at radius 1 is 0.893 bits per heavy atom.